The van der Waals surface area contributed by atoms with Crippen LogP contribution in [0.5, 0.6) is 5.75 Å². The lowest BCUT2D eigenvalue weighted by molar-refractivity contribution is 0.414. The molecule has 17 heavy (non-hydrogen) atoms. The summed E-state index contributed by atoms with van der Waals surface area (Å²) in [6.07, 6.45) is 8.12. The van der Waals surface area contributed by atoms with Crippen LogP contribution >= 0.6 is 15.9 Å². The van der Waals surface area contributed by atoms with Crippen molar-refractivity contribution in [2.24, 2.45) is 0 Å². The topological polar surface area (TPSA) is 21.3 Å². The smallest absolute Gasteiger partial charge is 0.120 e. The van der Waals surface area contributed by atoms with E-state index < -0.39 is 0 Å². The molecule has 3 heteroatoms. The van der Waals surface area contributed by atoms with Gasteiger partial charge in [0.2, 0.25) is 0 Å². The molecule has 0 saturated carbocycles. The maximum Gasteiger partial charge on any atom is 0.120 e. The predicted octanol–water partition coefficient (Wildman–Crippen LogP) is 3.66. The van der Waals surface area contributed by atoms with Gasteiger partial charge < -0.3 is 10.1 Å². The molecule has 0 aromatic heterocycles. The fourth-order valence-electron chi connectivity index (χ4n) is 2.03. The van der Waals surface area contributed by atoms with E-state index in [1.54, 1.807) is 7.11 Å². The van der Waals surface area contributed by atoms with E-state index in [9.17, 15) is 0 Å². The standard InChI is InChI=1S/C14H18BrNO/c1-17-13-8-7-11(14(15)9-13)10-16-12-5-3-2-4-6-12/h2-3,7-9,12,16H,4-6,10H2,1H3. The first kappa shape index (κ1) is 12.7. The molecule has 2 nitrogen and oxygen atoms in total. The van der Waals surface area contributed by atoms with E-state index in [1.807, 2.05) is 12.1 Å². The Hall–Kier alpha value is -0.800. The maximum absolute atomic E-state index is 5.18. The lowest BCUT2D eigenvalue weighted by Crippen LogP contribution is -2.29. The van der Waals surface area contributed by atoms with Crippen LogP contribution in [0.3, 0.4) is 0 Å². The molecule has 0 radical (unpaired) electrons. The van der Waals surface area contributed by atoms with Gasteiger partial charge in [0.15, 0.2) is 0 Å². The predicted molar refractivity (Wildman–Crippen MR) is 74.3 cm³/mol. The lowest BCUT2D eigenvalue weighted by Gasteiger charge is -2.19. The largest absolute Gasteiger partial charge is 0.497 e. The maximum atomic E-state index is 5.18. The molecular formula is C14H18BrNO. The number of nitrogens with one attached hydrogen (secondary N) is 1. The molecule has 0 amide bonds. The third-order valence-corrected chi connectivity index (χ3v) is 3.85. The number of ether oxygens (including phenoxy) is 1. The van der Waals surface area contributed by atoms with Gasteiger partial charge in [0.25, 0.3) is 0 Å². The van der Waals surface area contributed by atoms with Gasteiger partial charge in [0.05, 0.1) is 7.11 Å². The molecule has 1 N–H and O–H groups in total. The Kier molecular flexibility index (Phi) is 4.63. The Labute approximate surface area is 111 Å². The van der Waals surface area contributed by atoms with Crippen LogP contribution in [-0.2, 0) is 6.54 Å². The molecule has 0 spiro atoms. The van der Waals surface area contributed by atoms with Crippen LogP contribution in [0.2, 0.25) is 0 Å². The second kappa shape index (κ2) is 6.22. The number of hydrogen-bond acceptors (Lipinski definition) is 2. The Bertz CT molecular complexity index is 403. The van der Waals surface area contributed by atoms with Crippen molar-refractivity contribution in [2.75, 3.05) is 7.11 Å². The van der Waals surface area contributed by atoms with Crippen LogP contribution in [0.4, 0.5) is 0 Å². The second-order valence-corrected chi connectivity index (χ2v) is 5.17. The number of benzene rings is 1. The van der Waals surface area contributed by atoms with E-state index in [0.29, 0.717) is 6.04 Å². The monoisotopic (exact) mass is 295 g/mol. The molecule has 0 bridgehead atoms. The van der Waals surface area contributed by atoms with Crippen molar-refractivity contribution in [1.82, 2.24) is 5.32 Å². The summed E-state index contributed by atoms with van der Waals surface area (Å²) in [5.41, 5.74) is 1.28. The summed E-state index contributed by atoms with van der Waals surface area (Å²) in [6.45, 7) is 0.906. The van der Waals surface area contributed by atoms with Gasteiger partial charge in [-0.15, -0.1) is 0 Å². The molecule has 0 saturated heterocycles. The van der Waals surface area contributed by atoms with Gasteiger partial charge in [-0.25, -0.2) is 0 Å². The zero-order chi connectivity index (χ0) is 12.1. The normalized spacial score (nSPS) is 19.3. The fourth-order valence-corrected chi connectivity index (χ4v) is 2.53. The van der Waals surface area contributed by atoms with E-state index in [4.69, 9.17) is 4.74 Å². The molecule has 0 heterocycles. The van der Waals surface area contributed by atoms with Crippen LogP contribution in [0.15, 0.2) is 34.8 Å². The molecule has 0 aliphatic heterocycles. The highest BCUT2D eigenvalue weighted by Crippen LogP contribution is 2.23. The first-order chi connectivity index (χ1) is 8.29. The summed E-state index contributed by atoms with van der Waals surface area (Å²) >= 11 is 3.58. The Balaban J connectivity index is 1.92. The number of hydrogen-bond donors (Lipinski definition) is 1. The lowest BCUT2D eigenvalue weighted by atomic mass is 10.0. The van der Waals surface area contributed by atoms with Gasteiger partial charge in [0.1, 0.15) is 5.75 Å². The summed E-state index contributed by atoms with van der Waals surface area (Å²) in [7, 11) is 1.69. The quantitative estimate of drug-likeness (QED) is 0.856. The van der Waals surface area contributed by atoms with E-state index in [1.165, 1.54) is 18.4 Å². The van der Waals surface area contributed by atoms with Crippen LogP contribution < -0.4 is 10.1 Å². The highest BCUT2D eigenvalue weighted by molar-refractivity contribution is 9.10. The summed E-state index contributed by atoms with van der Waals surface area (Å²) in [6, 6.07) is 6.74. The molecule has 1 aromatic carbocycles. The highest BCUT2D eigenvalue weighted by atomic mass is 79.9. The van der Waals surface area contributed by atoms with Gasteiger partial charge in [0, 0.05) is 17.1 Å². The number of rotatable bonds is 4. The van der Waals surface area contributed by atoms with E-state index in [0.717, 1.165) is 23.2 Å². The average molecular weight is 296 g/mol. The molecule has 92 valence electrons. The van der Waals surface area contributed by atoms with Crippen molar-refractivity contribution in [2.45, 2.75) is 31.8 Å². The van der Waals surface area contributed by atoms with Crippen LogP contribution in [0.1, 0.15) is 24.8 Å². The minimum absolute atomic E-state index is 0.619. The Morgan fingerprint density at radius 3 is 2.94 bits per heavy atom. The van der Waals surface area contributed by atoms with Gasteiger partial charge in [-0.1, -0.05) is 34.1 Å². The molecule has 1 unspecified atom stereocenters. The van der Waals surface area contributed by atoms with Crippen molar-refractivity contribution >= 4 is 15.9 Å². The summed E-state index contributed by atoms with van der Waals surface area (Å²) in [5, 5.41) is 3.59. The molecule has 2 rings (SSSR count). The molecular weight excluding hydrogens is 278 g/mol. The van der Waals surface area contributed by atoms with E-state index in [-0.39, 0.29) is 0 Å². The SMILES string of the molecule is COc1ccc(CNC2CC=CCC2)c(Br)c1. The van der Waals surface area contributed by atoms with Crippen molar-refractivity contribution in [1.29, 1.82) is 0 Å². The number of methoxy groups -OCH3 is 1. The van der Waals surface area contributed by atoms with E-state index >= 15 is 0 Å². The van der Waals surface area contributed by atoms with Gasteiger partial charge in [-0.05, 0) is 37.0 Å². The zero-order valence-corrected chi connectivity index (χ0v) is 11.7. The third-order valence-electron chi connectivity index (χ3n) is 3.11. The third kappa shape index (κ3) is 3.58. The Morgan fingerprint density at radius 2 is 2.29 bits per heavy atom. The first-order valence-corrected chi connectivity index (χ1v) is 6.79. The van der Waals surface area contributed by atoms with Crippen LogP contribution in [-0.4, -0.2) is 13.2 Å². The second-order valence-electron chi connectivity index (χ2n) is 4.32. The van der Waals surface area contributed by atoms with Crippen LogP contribution in [0.25, 0.3) is 0 Å². The summed E-state index contributed by atoms with van der Waals surface area (Å²) < 4.78 is 6.29. The Morgan fingerprint density at radius 1 is 1.41 bits per heavy atom. The van der Waals surface area contributed by atoms with Gasteiger partial charge in [-0.2, -0.15) is 0 Å². The highest BCUT2D eigenvalue weighted by Gasteiger charge is 2.09. The summed E-state index contributed by atoms with van der Waals surface area (Å²) in [5.74, 6) is 0.890. The van der Waals surface area contributed by atoms with Gasteiger partial charge in [-0.3, -0.25) is 0 Å². The van der Waals surface area contributed by atoms with Crippen molar-refractivity contribution in [3.05, 3.63) is 40.4 Å². The molecule has 1 aromatic rings. The first-order valence-electron chi connectivity index (χ1n) is 6.00. The summed E-state index contributed by atoms with van der Waals surface area (Å²) in [4.78, 5) is 0. The zero-order valence-electron chi connectivity index (χ0n) is 10.1. The molecule has 1 aliphatic rings. The average Bonchev–Trinajstić information content (AvgIpc) is 2.38. The minimum atomic E-state index is 0.619. The molecule has 0 fully saturated rings. The fraction of sp³-hybridized carbons (Fsp3) is 0.429. The van der Waals surface area contributed by atoms with Crippen molar-refractivity contribution in [3.63, 3.8) is 0 Å². The van der Waals surface area contributed by atoms with Crippen molar-refractivity contribution < 1.29 is 4.74 Å². The van der Waals surface area contributed by atoms with Crippen LogP contribution in [0, 0.1) is 0 Å². The van der Waals surface area contributed by atoms with Crippen molar-refractivity contribution in [3.8, 4) is 5.75 Å². The molecule has 1 atom stereocenters. The number of allylic oxidation sites excluding steroid dienone is 1. The molecule has 1 aliphatic carbocycles. The van der Waals surface area contributed by atoms with E-state index in [2.05, 4.69) is 39.5 Å². The minimum Gasteiger partial charge on any atom is -0.497 e. The van der Waals surface area contributed by atoms with Gasteiger partial charge >= 0.3 is 0 Å². The number of halogens is 1.